The first-order chi connectivity index (χ1) is 19.5. The Hall–Kier alpha value is -3.62. The van der Waals surface area contributed by atoms with Gasteiger partial charge in [0.2, 0.25) is 0 Å². The smallest absolute Gasteiger partial charge is 0.356 e. The number of carbonyl (C=O) groups excluding carboxylic acids is 1. The number of aromatic nitrogens is 5. The second-order valence-corrected chi connectivity index (χ2v) is 11.1. The van der Waals surface area contributed by atoms with Crippen molar-refractivity contribution in [2.75, 3.05) is 7.05 Å². The summed E-state index contributed by atoms with van der Waals surface area (Å²) in [6.07, 6.45) is -15.7. The fourth-order valence-corrected chi connectivity index (χ4v) is 5.02. The monoisotopic (exact) mass is 672 g/mol. The molecule has 0 spiro atoms. The van der Waals surface area contributed by atoms with Crippen molar-refractivity contribution in [2.24, 2.45) is 7.05 Å². The summed E-state index contributed by atoms with van der Waals surface area (Å²) in [4.78, 5) is 18.1. The van der Waals surface area contributed by atoms with Crippen LogP contribution in [0.3, 0.4) is 0 Å². The van der Waals surface area contributed by atoms with Gasteiger partial charge < -0.3 is 9.08 Å². The van der Waals surface area contributed by atoms with Crippen LogP contribution in [0.25, 0.3) is 16.9 Å². The van der Waals surface area contributed by atoms with Gasteiger partial charge in [0.25, 0.3) is 11.8 Å². The lowest BCUT2D eigenvalue weighted by Gasteiger charge is -2.28. The van der Waals surface area contributed by atoms with E-state index in [4.69, 9.17) is 11.6 Å². The highest BCUT2D eigenvalue weighted by Gasteiger charge is 2.82. The predicted octanol–water partition coefficient (Wildman–Crippen LogP) is 5.07. The van der Waals surface area contributed by atoms with Crippen LogP contribution in [0.5, 0.6) is 5.88 Å². The highest BCUT2D eigenvalue weighted by molar-refractivity contribution is 7.88. The fourth-order valence-electron chi connectivity index (χ4n) is 3.83. The van der Waals surface area contributed by atoms with Crippen LogP contribution in [0.15, 0.2) is 24.7 Å². The zero-order chi connectivity index (χ0) is 32.5. The van der Waals surface area contributed by atoms with Crippen LogP contribution in [0, 0.1) is 0 Å². The van der Waals surface area contributed by atoms with Gasteiger partial charge in [-0.25, -0.2) is 18.7 Å². The SMILES string of the molecule is CN(C(=O)c1cc(-c2cnn(-c3c(C(F)(F)F)c(OS(=O)(=O)C(F)(C(F)(F)F)C(F)(F)F)nn3C)c2)cnc1Cl)C1CC1. The molecule has 0 N–H and O–H groups in total. The average molecular weight is 673 g/mol. The van der Waals surface area contributed by atoms with Crippen LogP contribution in [0.4, 0.5) is 43.9 Å². The van der Waals surface area contributed by atoms with Crippen molar-refractivity contribution >= 4 is 27.6 Å². The van der Waals surface area contributed by atoms with Gasteiger partial charge in [-0.3, -0.25) is 4.79 Å². The molecule has 3 aromatic heterocycles. The fraction of sp³-hybridized carbons (Fsp3) is 0.429. The molecule has 1 amide bonds. The van der Waals surface area contributed by atoms with Gasteiger partial charge in [-0.2, -0.15) is 53.0 Å². The summed E-state index contributed by atoms with van der Waals surface area (Å²) in [6.45, 7) is 0. The Morgan fingerprint density at radius 2 is 1.60 bits per heavy atom. The van der Waals surface area contributed by atoms with Gasteiger partial charge in [-0.15, -0.1) is 5.10 Å². The molecular weight excluding hydrogens is 658 g/mol. The Bertz CT molecular complexity index is 1660. The number of halogens is 11. The second kappa shape index (κ2) is 10.2. The van der Waals surface area contributed by atoms with E-state index in [2.05, 4.69) is 19.4 Å². The number of hydrogen-bond acceptors (Lipinski definition) is 7. The number of aryl methyl sites for hydroxylation is 1. The number of carbonyl (C=O) groups is 1. The Balaban J connectivity index is 1.78. The topological polar surface area (TPSA) is 112 Å². The van der Waals surface area contributed by atoms with Crippen LogP contribution < -0.4 is 4.18 Å². The molecule has 3 heterocycles. The van der Waals surface area contributed by atoms with E-state index in [9.17, 15) is 57.1 Å². The molecule has 0 unspecified atom stereocenters. The van der Waals surface area contributed by atoms with E-state index >= 15 is 0 Å². The molecule has 0 bridgehead atoms. The summed E-state index contributed by atoms with van der Waals surface area (Å²) in [5, 5.41) is -0.697. The minimum Gasteiger partial charge on any atom is -0.356 e. The van der Waals surface area contributed by atoms with Gasteiger partial charge in [-0.1, -0.05) is 11.6 Å². The van der Waals surface area contributed by atoms with Crippen molar-refractivity contribution < 1.29 is 61.3 Å². The van der Waals surface area contributed by atoms with Crippen molar-refractivity contribution in [3.63, 3.8) is 0 Å². The first-order valence-electron chi connectivity index (χ1n) is 11.4. The highest BCUT2D eigenvalue weighted by atomic mass is 35.5. The first kappa shape index (κ1) is 32.3. The predicted molar refractivity (Wildman–Crippen MR) is 124 cm³/mol. The van der Waals surface area contributed by atoms with Crippen LogP contribution >= 0.6 is 11.6 Å². The van der Waals surface area contributed by atoms with E-state index in [1.807, 2.05) is 0 Å². The number of hydrogen-bond donors (Lipinski definition) is 0. The van der Waals surface area contributed by atoms with E-state index in [1.54, 1.807) is 0 Å². The Morgan fingerprint density at radius 1 is 1.02 bits per heavy atom. The van der Waals surface area contributed by atoms with Gasteiger partial charge in [0.05, 0.1) is 11.8 Å². The zero-order valence-corrected chi connectivity index (χ0v) is 22.8. The standard InChI is InChI=1S/C21H15ClF10N6O4S/c1-36(11-3-4-11)17(39)12-5-9(6-33-14(12)22)10-7-34-38(8-10)16-13(18(23,24)25)15(35-37(16)2)42-43(40,41)19(26,20(27,28)29)21(30,31)32/h5-8,11H,3-4H2,1-2H3. The molecule has 1 fully saturated rings. The Morgan fingerprint density at radius 3 is 2.12 bits per heavy atom. The van der Waals surface area contributed by atoms with Crippen LogP contribution in [0.2, 0.25) is 5.15 Å². The minimum atomic E-state index is -7.60. The lowest BCUT2D eigenvalue weighted by Crippen LogP contribution is -2.60. The maximum absolute atomic E-state index is 14.2. The van der Waals surface area contributed by atoms with E-state index in [0.717, 1.165) is 31.4 Å². The third-order valence-electron chi connectivity index (χ3n) is 6.15. The lowest BCUT2D eigenvalue weighted by atomic mass is 10.1. The summed E-state index contributed by atoms with van der Waals surface area (Å²) in [7, 11) is -5.38. The van der Waals surface area contributed by atoms with Crippen LogP contribution in [0.1, 0.15) is 28.8 Å². The van der Waals surface area contributed by atoms with Gasteiger partial charge in [0, 0.05) is 43.7 Å². The summed E-state index contributed by atoms with van der Waals surface area (Å²) in [6, 6.07) is 1.23. The Kier molecular flexibility index (Phi) is 7.69. The second-order valence-electron chi connectivity index (χ2n) is 9.14. The van der Waals surface area contributed by atoms with Crippen molar-refractivity contribution in [3.8, 4) is 22.8 Å². The highest BCUT2D eigenvalue weighted by Crippen LogP contribution is 2.51. The molecule has 236 valence electrons. The van der Waals surface area contributed by atoms with Crippen molar-refractivity contribution in [2.45, 2.75) is 42.4 Å². The molecule has 1 saturated carbocycles. The molecule has 0 aromatic carbocycles. The summed E-state index contributed by atoms with van der Waals surface area (Å²) in [5.41, 5.74) is -2.30. The summed E-state index contributed by atoms with van der Waals surface area (Å²) >= 11 is 6.04. The summed E-state index contributed by atoms with van der Waals surface area (Å²) < 4.78 is 162. The molecule has 0 radical (unpaired) electrons. The number of amides is 1. The average Bonchev–Trinajstić information content (AvgIpc) is 3.50. The molecule has 0 aliphatic heterocycles. The van der Waals surface area contributed by atoms with Crippen molar-refractivity contribution in [1.82, 2.24) is 29.4 Å². The molecule has 1 aliphatic rings. The third-order valence-corrected chi connectivity index (χ3v) is 7.98. The third kappa shape index (κ3) is 5.58. The summed E-state index contributed by atoms with van der Waals surface area (Å²) in [5.74, 6) is -4.11. The largest absolute Gasteiger partial charge is 0.450 e. The first-order valence-corrected chi connectivity index (χ1v) is 13.2. The van der Waals surface area contributed by atoms with Gasteiger partial charge in [-0.05, 0) is 18.9 Å². The molecule has 43 heavy (non-hydrogen) atoms. The molecule has 0 saturated heterocycles. The van der Waals surface area contributed by atoms with Gasteiger partial charge in [0.15, 0.2) is 11.4 Å². The maximum atomic E-state index is 14.2. The number of alkyl halides is 10. The van der Waals surface area contributed by atoms with Crippen LogP contribution in [-0.2, 0) is 23.3 Å². The van der Waals surface area contributed by atoms with Crippen LogP contribution in [-0.4, -0.2) is 74.2 Å². The maximum Gasteiger partial charge on any atom is 0.450 e. The van der Waals surface area contributed by atoms with E-state index < -0.39 is 56.8 Å². The van der Waals surface area contributed by atoms with E-state index in [0.29, 0.717) is 11.7 Å². The van der Waals surface area contributed by atoms with Gasteiger partial charge in [0.1, 0.15) is 5.15 Å². The molecule has 3 aromatic rings. The quantitative estimate of drug-likeness (QED) is 0.196. The molecular formula is C21H15ClF10N6O4S. The lowest BCUT2D eigenvalue weighted by molar-refractivity contribution is -0.307. The minimum absolute atomic E-state index is 0.0179. The van der Waals surface area contributed by atoms with E-state index in [-0.39, 0.29) is 32.6 Å². The molecule has 10 nitrogen and oxygen atoms in total. The molecule has 4 rings (SSSR count). The zero-order valence-electron chi connectivity index (χ0n) is 21.2. The Labute approximate surface area is 238 Å². The number of pyridine rings is 1. The number of nitrogens with zero attached hydrogens (tertiary/aromatic N) is 6. The van der Waals surface area contributed by atoms with Crippen molar-refractivity contribution in [1.29, 1.82) is 0 Å². The molecule has 1 aliphatic carbocycles. The van der Waals surface area contributed by atoms with Gasteiger partial charge >= 0.3 is 33.6 Å². The molecule has 22 heteroatoms. The van der Waals surface area contributed by atoms with Crippen molar-refractivity contribution in [3.05, 3.63) is 40.9 Å². The number of rotatable bonds is 7. The molecule has 0 atom stereocenters. The van der Waals surface area contributed by atoms with E-state index in [1.165, 1.54) is 18.0 Å². The normalized spacial score (nSPS) is 15.1.